The lowest BCUT2D eigenvalue weighted by atomic mass is 10.1. The van der Waals surface area contributed by atoms with Crippen molar-refractivity contribution in [1.82, 2.24) is 19.7 Å². The summed E-state index contributed by atoms with van der Waals surface area (Å²) < 4.78 is 26.0. The zero-order valence-electron chi connectivity index (χ0n) is 18.5. The number of H-pyrrole nitrogens is 1. The lowest BCUT2D eigenvalue weighted by Gasteiger charge is -2.14. The van der Waals surface area contributed by atoms with Crippen LogP contribution in [0.4, 0.5) is 4.39 Å². The van der Waals surface area contributed by atoms with E-state index >= 15 is 0 Å². The van der Waals surface area contributed by atoms with Crippen LogP contribution < -0.4 is 15.0 Å². The average Bonchev–Trinajstić information content (AvgIpc) is 3.18. The monoisotopic (exact) mass is 436 g/mol. The van der Waals surface area contributed by atoms with Crippen LogP contribution >= 0.6 is 0 Å². The van der Waals surface area contributed by atoms with E-state index in [-0.39, 0.29) is 17.1 Å². The summed E-state index contributed by atoms with van der Waals surface area (Å²) in [5.74, 6) is 1.66. The first-order valence-corrected chi connectivity index (χ1v) is 10.3. The topological polar surface area (TPSA) is 82.0 Å². The highest BCUT2D eigenvalue weighted by atomic mass is 19.1. The van der Waals surface area contributed by atoms with Gasteiger partial charge in [0, 0.05) is 6.42 Å². The van der Waals surface area contributed by atoms with Crippen molar-refractivity contribution in [3.63, 3.8) is 0 Å². The molecule has 32 heavy (non-hydrogen) atoms. The molecule has 0 spiro atoms. The maximum absolute atomic E-state index is 13.7. The van der Waals surface area contributed by atoms with Gasteiger partial charge in [-0.15, -0.1) is 0 Å². The lowest BCUT2D eigenvalue weighted by Crippen LogP contribution is -2.15. The van der Waals surface area contributed by atoms with Gasteiger partial charge < -0.3 is 14.5 Å². The fraction of sp³-hybridized carbons (Fsp3) is 0.292. The summed E-state index contributed by atoms with van der Waals surface area (Å²) in [7, 11) is 3.14. The number of alkyl halides is 1. The fourth-order valence-electron chi connectivity index (χ4n) is 3.78. The second kappa shape index (κ2) is 8.82. The van der Waals surface area contributed by atoms with Gasteiger partial charge in [0.25, 0.3) is 5.56 Å². The second-order valence-corrected chi connectivity index (χ2v) is 7.69. The quantitative estimate of drug-likeness (QED) is 0.471. The standard InChI is InChI=1S/C24H25FN4O3/c1-14-5-8-17(9-6-14)15(2)29-23-22(18(13-25)28-29)24(30)27-21(26-23)12-16-7-10-19(31-3)20(11-16)32-4/h5-11,15H,12-13H2,1-4H3,(H,26,27,30). The minimum absolute atomic E-state index is 0.0883. The molecule has 4 aromatic rings. The van der Waals surface area contributed by atoms with Crippen molar-refractivity contribution in [3.8, 4) is 11.5 Å². The van der Waals surface area contributed by atoms with Crippen molar-refractivity contribution in [2.75, 3.05) is 14.2 Å². The summed E-state index contributed by atoms with van der Waals surface area (Å²) in [6.07, 6.45) is 0.362. The molecule has 8 heteroatoms. The van der Waals surface area contributed by atoms with E-state index in [1.165, 1.54) is 0 Å². The number of aromatic nitrogens is 4. The molecule has 0 aliphatic carbocycles. The van der Waals surface area contributed by atoms with Gasteiger partial charge in [-0.3, -0.25) is 4.79 Å². The number of nitrogens with zero attached hydrogens (tertiary/aromatic N) is 3. The zero-order chi connectivity index (χ0) is 22.8. The molecule has 0 bridgehead atoms. The van der Waals surface area contributed by atoms with Crippen LogP contribution in [0.3, 0.4) is 0 Å². The highest BCUT2D eigenvalue weighted by Crippen LogP contribution is 2.28. The Morgan fingerprint density at radius 1 is 1.09 bits per heavy atom. The van der Waals surface area contributed by atoms with E-state index in [9.17, 15) is 9.18 Å². The van der Waals surface area contributed by atoms with E-state index in [0.29, 0.717) is 29.4 Å². The molecule has 4 rings (SSSR count). The van der Waals surface area contributed by atoms with Gasteiger partial charge in [0.05, 0.1) is 20.3 Å². The molecule has 0 fully saturated rings. The molecule has 2 aromatic heterocycles. The highest BCUT2D eigenvalue weighted by Gasteiger charge is 2.21. The number of rotatable bonds is 7. The first-order chi connectivity index (χ1) is 15.4. The Bertz CT molecular complexity index is 1310. The van der Waals surface area contributed by atoms with Crippen LogP contribution in [0.5, 0.6) is 11.5 Å². The van der Waals surface area contributed by atoms with Gasteiger partial charge in [-0.2, -0.15) is 5.10 Å². The summed E-state index contributed by atoms with van der Waals surface area (Å²) in [5.41, 5.74) is 3.07. The Kier molecular flexibility index (Phi) is 5.94. The number of benzene rings is 2. The van der Waals surface area contributed by atoms with Crippen LogP contribution in [-0.4, -0.2) is 34.0 Å². The van der Waals surface area contributed by atoms with E-state index in [4.69, 9.17) is 9.47 Å². The van der Waals surface area contributed by atoms with Gasteiger partial charge >= 0.3 is 0 Å². The van der Waals surface area contributed by atoms with Crippen LogP contribution in [0.25, 0.3) is 11.0 Å². The summed E-state index contributed by atoms with van der Waals surface area (Å²) in [6.45, 7) is 3.13. The molecule has 0 amide bonds. The Balaban J connectivity index is 1.79. The Hall–Kier alpha value is -3.68. The molecule has 1 N–H and O–H groups in total. The molecule has 7 nitrogen and oxygen atoms in total. The minimum atomic E-state index is -0.843. The van der Waals surface area contributed by atoms with Gasteiger partial charge in [-0.05, 0) is 37.1 Å². The summed E-state index contributed by atoms with van der Waals surface area (Å²) >= 11 is 0. The Morgan fingerprint density at radius 3 is 2.47 bits per heavy atom. The van der Waals surface area contributed by atoms with Crippen molar-refractivity contribution in [1.29, 1.82) is 0 Å². The van der Waals surface area contributed by atoms with Crippen LogP contribution in [0, 0.1) is 6.92 Å². The van der Waals surface area contributed by atoms with Gasteiger partial charge in [-0.1, -0.05) is 35.9 Å². The number of hydrogen-bond donors (Lipinski definition) is 1. The molecular weight excluding hydrogens is 411 g/mol. The van der Waals surface area contributed by atoms with E-state index in [1.54, 1.807) is 25.0 Å². The maximum Gasteiger partial charge on any atom is 0.262 e. The molecule has 0 aliphatic heterocycles. The third-order valence-corrected chi connectivity index (χ3v) is 5.56. The number of fused-ring (bicyclic) bond motifs is 1. The van der Waals surface area contributed by atoms with Crippen molar-refractivity contribution in [3.05, 3.63) is 81.0 Å². The Morgan fingerprint density at radius 2 is 1.81 bits per heavy atom. The number of ether oxygens (including phenoxy) is 2. The number of methoxy groups -OCH3 is 2. The molecule has 0 saturated heterocycles. The normalized spacial score (nSPS) is 12.2. The van der Waals surface area contributed by atoms with Crippen LogP contribution in [-0.2, 0) is 13.1 Å². The van der Waals surface area contributed by atoms with Crippen LogP contribution in [0.15, 0.2) is 47.3 Å². The highest BCUT2D eigenvalue weighted by molar-refractivity contribution is 5.77. The Labute approximate surface area is 184 Å². The number of aromatic amines is 1. The average molecular weight is 436 g/mol. The van der Waals surface area contributed by atoms with Gasteiger partial charge in [0.1, 0.15) is 23.6 Å². The zero-order valence-corrected chi connectivity index (χ0v) is 18.5. The molecule has 2 heterocycles. The number of hydrogen-bond acceptors (Lipinski definition) is 5. The number of aryl methyl sites for hydroxylation is 1. The summed E-state index contributed by atoms with van der Waals surface area (Å²) in [5, 5.41) is 4.57. The maximum atomic E-state index is 13.7. The minimum Gasteiger partial charge on any atom is -0.493 e. The third-order valence-electron chi connectivity index (χ3n) is 5.56. The van der Waals surface area contributed by atoms with Gasteiger partial charge in [0.2, 0.25) is 0 Å². The van der Waals surface area contributed by atoms with Crippen molar-refractivity contribution >= 4 is 11.0 Å². The molecule has 2 aromatic carbocycles. The summed E-state index contributed by atoms with van der Waals surface area (Å²) in [4.78, 5) is 20.3. The number of halogens is 1. The largest absolute Gasteiger partial charge is 0.493 e. The molecule has 1 unspecified atom stereocenters. The lowest BCUT2D eigenvalue weighted by molar-refractivity contribution is 0.354. The number of nitrogens with one attached hydrogen (secondary N) is 1. The van der Waals surface area contributed by atoms with Crippen LogP contribution in [0.1, 0.15) is 41.2 Å². The molecule has 0 saturated carbocycles. The summed E-state index contributed by atoms with van der Waals surface area (Å²) in [6, 6.07) is 13.3. The van der Waals surface area contributed by atoms with Gasteiger partial charge in [-0.25, -0.2) is 14.1 Å². The molecular formula is C24H25FN4O3. The second-order valence-electron chi connectivity index (χ2n) is 7.69. The smallest absolute Gasteiger partial charge is 0.262 e. The molecule has 0 radical (unpaired) electrons. The van der Waals surface area contributed by atoms with Gasteiger partial charge in [0.15, 0.2) is 17.1 Å². The first-order valence-electron chi connectivity index (χ1n) is 10.3. The first kappa shape index (κ1) is 21.5. The molecule has 0 aliphatic rings. The molecule has 166 valence electrons. The SMILES string of the molecule is COc1ccc(Cc2nc3c(c(CF)nn3C(C)c3ccc(C)cc3)c(=O)[nH]2)cc1OC. The van der Waals surface area contributed by atoms with E-state index < -0.39 is 12.2 Å². The predicted octanol–water partition coefficient (Wildman–Crippen LogP) is 4.11. The van der Waals surface area contributed by atoms with E-state index in [1.807, 2.05) is 50.2 Å². The van der Waals surface area contributed by atoms with E-state index in [0.717, 1.165) is 16.7 Å². The predicted molar refractivity (Wildman–Crippen MR) is 120 cm³/mol. The van der Waals surface area contributed by atoms with E-state index in [2.05, 4.69) is 15.1 Å². The molecule has 1 atom stereocenters. The van der Waals surface area contributed by atoms with Crippen LogP contribution in [0.2, 0.25) is 0 Å². The fourth-order valence-corrected chi connectivity index (χ4v) is 3.78. The third kappa shape index (κ3) is 3.95. The van der Waals surface area contributed by atoms with Crippen molar-refractivity contribution in [2.45, 2.75) is 33.0 Å². The van der Waals surface area contributed by atoms with Crippen molar-refractivity contribution in [2.24, 2.45) is 0 Å². The van der Waals surface area contributed by atoms with Crippen molar-refractivity contribution < 1.29 is 13.9 Å².